The number of aryl methyl sites for hydroxylation is 4. The van der Waals surface area contributed by atoms with Gasteiger partial charge in [0.05, 0.1) is 0 Å². The molecule has 0 unspecified atom stereocenters. The highest BCUT2D eigenvalue weighted by Gasteiger charge is 2.36. The third kappa shape index (κ3) is 21.2. The van der Waals surface area contributed by atoms with Gasteiger partial charge in [0.15, 0.2) is 0 Å². The van der Waals surface area contributed by atoms with Gasteiger partial charge in [-0.05, 0) is 154 Å². The maximum Gasteiger partial charge on any atom is 0.223 e. The fraction of sp³-hybridized carbons (Fsp3) is 0.727. The van der Waals surface area contributed by atoms with Crippen LogP contribution in [-0.4, -0.2) is 4.70 Å². The van der Waals surface area contributed by atoms with Gasteiger partial charge in [-0.25, -0.2) is 4.70 Å². The van der Waals surface area contributed by atoms with Crippen LogP contribution in [0.4, 0.5) is 0 Å². The largest absolute Gasteiger partial charge is 0.493 e. The van der Waals surface area contributed by atoms with E-state index in [-0.39, 0.29) is 0 Å². The predicted molar refractivity (Wildman–Crippen MR) is 303 cm³/mol. The number of unbranched alkanes of at least 4 members (excludes halogenated alkanes) is 25. The molecule has 0 aromatic heterocycles. The Labute approximate surface area is 423 Å². The summed E-state index contributed by atoms with van der Waals surface area (Å²) in [6.45, 7) is 18.6. The van der Waals surface area contributed by atoms with Crippen molar-refractivity contribution in [1.29, 1.82) is 0 Å². The maximum absolute atomic E-state index is 13.2. The van der Waals surface area contributed by atoms with E-state index in [0.29, 0.717) is 0 Å². The average molecular weight is 930 g/mol. The van der Waals surface area contributed by atoms with E-state index in [9.17, 15) is 5.53 Å². The molecule has 2 heteroatoms. The summed E-state index contributed by atoms with van der Waals surface area (Å²) >= 11 is 0. The lowest BCUT2D eigenvalue weighted by atomic mass is 9.86. The van der Waals surface area contributed by atoms with Crippen LogP contribution in [0.2, 0.25) is 0 Å². The average Bonchev–Trinajstić information content (AvgIpc) is 3.62. The molecule has 382 valence electrons. The number of allylic oxidation sites excluding steroid dienone is 2. The fourth-order valence-electron chi connectivity index (χ4n) is 10.9. The van der Waals surface area contributed by atoms with Crippen molar-refractivity contribution < 1.29 is 4.70 Å². The molecule has 68 heavy (non-hydrogen) atoms. The van der Waals surface area contributed by atoms with Crippen LogP contribution in [-0.2, 0) is 38.5 Å². The zero-order chi connectivity index (χ0) is 49.0. The van der Waals surface area contributed by atoms with Gasteiger partial charge < -0.3 is 5.53 Å². The molecule has 3 rings (SSSR count). The topological polar surface area (TPSA) is 25.3 Å². The van der Waals surface area contributed by atoms with Crippen molar-refractivity contribution in [1.82, 2.24) is 0 Å². The van der Waals surface area contributed by atoms with Gasteiger partial charge in [-0.2, -0.15) is 0 Å². The molecule has 0 bridgehead atoms. The van der Waals surface area contributed by atoms with Crippen LogP contribution in [0.1, 0.15) is 318 Å². The third-order valence-electron chi connectivity index (χ3n) is 15.1. The monoisotopic (exact) mass is 929 g/mol. The Bertz CT molecular complexity index is 1750. The van der Waals surface area contributed by atoms with Gasteiger partial charge in [-0.3, -0.25) is 0 Å². The number of nitrogens with zero attached hydrogens (tertiary/aromatic N) is 2. The van der Waals surface area contributed by atoms with Crippen LogP contribution in [0.3, 0.4) is 0 Å². The Morgan fingerprint density at radius 2 is 0.647 bits per heavy atom. The van der Waals surface area contributed by atoms with Crippen molar-refractivity contribution in [3.8, 4) is 11.8 Å². The van der Waals surface area contributed by atoms with E-state index in [1.807, 2.05) is 0 Å². The third-order valence-corrected chi connectivity index (χ3v) is 15.1. The number of benzene rings is 2. The van der Waals surface area contributed by atoms with Crippen LogP contribution in [0.25, 0.3) is 16.9 Å². The van der Waals surface area contributed by atoms with Crippen molar-refractivity contribution in [2.24, 2.45) is 0 Å². The molecule has 0 atom stereocenters. The minimum absolute atomic E-state index is 0.923. The summed E-state index contributed by atoms with van der Waals surface area (Å²) in [6.07, 6.45) is 49.7. The van der Waals surface area contributed by atoms with Crippen LogP contribution in [0, 0.1) is 11.8 Å². The Morgan fingerprint density at radius 3 is 1.01 bits per heavy atom. The van der Waals surface area contributed by atoms with Gasteiger partial charge in [0.2, 0.25) is 11.4 Å². The number of hydrogen-bond acceptors (Lipinski definition) is 0. The summed E-state index contributed by atoms with van der Waals surface area (Å²) in [7, 11) is 0. The van der Waals surface area contributed by atoms with Crippen LogP contribution in [0.5, 0.6) is 0 Å². The summed E-state index contributed by atoms with van der Waals surface area (Å²) in [5.41, 5.74) is 29.3. The van der Waals surface area contributed by atoms with Gasteiger partial charge in [0.1, 0.15) is 5.57 Å². The lowest BCUT2D eigenvalue weighted by Crippen LogP contribution is -2.09. The first-order valence-corrected chi connectivity index (χ1v) is 30.2. The molecule has 0 saturated heterocycles. The molecule has 0 radical (unpaired) electrons. The molecule has 0 amide bonds. The van der Waals surface area contributed by atoms with E-state index in [1.165, 1.54) is 238 Å². The Morgan fingerprint density at radius 1 is 0.338 bits per heavy atom. The molecule has 0 saturated carbocycles. The molecule has 0 spiro atoms. The fourth-order valence-corrected chi connectivity index (χ4v) is 10.9. The molecule has 1 aliphatic rings. The minimum Gasteiger partial charge on any atom is -0.493 e. The predicted octanol–water partition coefficient (Wildman–Crippen LogP) is 21.5. The van der Waals surface area contributed by atoms with E-state index < -0.39 is 0 Å². The molecule has 1 heterocycles. The molecular weight excluding hydrogens is 821 g/mol. The zero-order valence-electron chi connectivity index (χ0n) is 46.5. The van der Waals surface area contributed by atoms with Crippen LogP contribution < -0.4 is 0 Å². The molecule has 0 aliphatic carbocycles. The highest BCUT2D eigenvalue weighted by atomic mass is 15.2. The van der Waals surface area contributed by atoms with E-state index >= 15 is 0 Å². The Hall–Kier alpha value is -2.92. The first kappa shape index (κ1) is 59.4. The Balaban J connectivity index is 2.23. The summed E-state index contributed by atoms with van der Waals surface area (Å²) in [5.74, 6) is 7.66. The van der Waals surface area contributed by atoms with Crippen molar-refractivity contribution in [3.05, 3.63) is 85.5 Å². The van der Waals surface area contributed by atoms with Crippen LogP contribution in [0.15, 0.2) is 35.4 Å². The van der Waals surface area contributed by atoms with Gasteiger partial charge in [0, 0.05) is 23.1 Å². The normalized spacial score (nSPS) is 12.8. The highest BCUT2D eigenvalue weighted by Crippen LogP contribution is 2.44. The lowest BCUT2D eigenvalue weighted by molar-refractivity contribution is -0.345. The van der Waals surface area contributed by atoms with Crippen molar-refractivity contribution >= 4 is 11.4 Å². The van der Waals surface area contributed by atoms with Crippen molar-refractivity contribution in [2.45, 2.75) is 312 Å². The first-order chi connectivity index (χ1) is 33.4. The van der Waals surface area contributed by atoms with Gasteiger partial charge in [-0.15, -0.1) is 0 Å². The quantitative estimate of drug-likeness (QED) is 0.0361. The summed E-state index contributed by atoms with van der Waals surface area (Å²) < 4.78 is 1.67. The summed E-state index contributed by atoms with van der Waals surface area (Å²) in [6, 6.07) is 10.1. The van der Waals surface area contributed by atoms with Gasteiger partial charge in [-0.1, -0.05) is 221 Å². The first-order valence-electron chi connectivity index (χ1n) is 30.2. The molecule has 1 aliphatic heterocycles. The van der Waals surface area contributed by atoms with Crippen LogP contribution >= 0.6 is 0 Å². The van der Waals surface area contributed by atoms with Crippen molar-refractivity contribution in [2.75, 3.05) is 0 Å². The molecule has 2 aromatic carbocycles. The van der Waals surface area contributed by atoms with E-state index in [4.69, 9.17) is 0 Å². The van der Waals surface area contributed by atoms with E-state index in [2.05, 4.69) is 91.5 Å². The second kappa shape index (κ2) is 37.8. The summed E-state index contributed by atoms with van der Waals surface area (Å²) in [5, 5.41) is 0. The molecule has 0 fully saturated rings. The molecule has 0 N–H and O–H groups in total. The summed E-state index contributed by atoms with van der Waals surface area (Å²) in [4.78, 5) is 0. The second-order valence-corrected chi connectivity index (χ2v) is 21.2. The van der Waals surface area contributed by atoms with Crippen molar-refractivity contribution in [3.63, 3.8) is 0 Å². The Kier molecular flexibility index (Phi) is 33.1. The SMILES string of the molecule is CCCCCCCCCCCCCCC#CC1=C(c2cc(CCCCC)c(CCCCC)c(CCCCC)c2)[N+](=[N-])C(c2cc(CCCCC)c(CCCCC)c(CCCCC)c2)=C1CCCC. The molecule has 2 nitrogen and oxygen atoms in total. The zero-order valence-corrected chi connectivity index (χ0v) is 46.5. The standard InChI is InChI=1S/C66H108N2/c1-9-17-25-26-27-28-29-30-31-32-33-34-35-42-50-64-63(47-24-16-8)65(59-51-55(43-36-18-10-2)61(48-40-22-14-6)56(52-59)44-37-19-11-3)68(67)66(64)60-53-57(45-38-20-12-4)62(49-41-23-15-7)58(54-60)46-39-21-13-5/h51-54H,9-41,43-49H2,1-8H3. The van der Waals surface area contributed by atoms with E-state index in [0.717, 1.165) is 74.8 Å². The van der Waals surface area contributed by atoms with Gasteiger partial charge in [0.25, 0.3) is 0 Å². The maximum atomic E-state index is 13.2. The lowest BCUT2D eigenvalue weighted by Gasteiger charge is -2.20. The molecule has 2 aromatic rings. The number of rotatable bonds is 41. The van der Waals surface area contributed by atoms with Gasteiger partial charge >= 0.3 is 0 Å². The minimum atomic E-state index is 0.923. The smallest absolute Gasteiger partial charge is 0.223 e. The second-order valence-electron chi connectivity index (χ2n) is 21.2. The highest BCUT2D eigenvalue weighted by molar-refractivity contribution is 5.86. The number of hydrogen-bond donors (Lipinski definition) is 0. The molecular formula is C66H108N2. The van der Waals surface area contributed by atoms with E-state index in [1.54, 1.807) is 15.8 Å².